The highest BCUT2D eigenvalue weighted by Gasteiger charge is 2.29. The zero-order chi connectivity index (χ0) is 13.3. The van der Waals surface area contributed by atoms with Gasteiger partial charge in [0, 0.05) is 11.6 Å². The van der Waals surface area contributed by atoms with Crippen molar-refractivity contribution < 1.29 is 4.79 Å². The molecule has 1 aliphatic carbocycles. The van der Waals surface area contributed by atoms with Gasteiger partial charge in [0.05, 0.1) is 6.54 Å². The second kappa shape index (κ2) is 5.23. The Morgan fingerprint density at radius 3 is 2.22 bits per heavy atom. The Bertz CT molecular complexity index is 437. The number of hydrogen-bond acceptors (Lipinski definition) is 2. The molecule has 0 aromatic heterocycles. The fraction of sp³-hybridized carbons (Fsp3) is 0.562. The third-order valence-electron chi connectivity index (χ3n) is 3.77. The number of Topliss-reactive ketones (excluding diaryl/α,β-unsaturated/α-hetero) is 1. The van der Waals surface area contributed by atoms with Crippen molar-refractivity contribution in [2.75, 3.05) is 13.1 Å². The van der Waals surface area contributed by atoms with Gasteiger partial charge in [-0.15, -0.1) is 0 Å². The number of nitrogens with zero attached hydrogens (tertiary/aromatic N) is 1. The average Bonchev–Trinajstić information content (AvgIpc) is 3.08. The molecule has 2 nitrogen and oxygen atoms in total. The first-order valence-corrected chi connectivity index (χ1v) is 6.88. The highest BCUT2D eigenvalue weighted by Crippen LogP contribution is 2.27. The lowest BCUT2D eigenvalue weighted by molar-refractivity contribution is 0.0927. The zero-order valence-electron chi connectivity index (χ0n) is 11.9. The van der Waals surface area contributed by atoms with Crippen molar-refractivity contribution in [3.05, 3.63) is 34.4 Å². The van der Waals surface area contributed by atoms with Crippen LogP contribution in [0, 0.1) is 20.8 Å². The van der Waals surface area contributed by atoms with Crippen LogP contribution in [0.3, 0.4) is 0 Å². The van der Waals surface area contributed by atoms with Gasteiger partial charge in [0.15, 0.2) is 5.78 Å². The van der Waals surface area contributed by atoms with E-state index >= 15 is 0 Å². The Morgan fingerprint density at radius 1 is 1.22 bits per heavy atom. The first-order chi connectivity index (χ1) is 8.52. The predicted octanol–water partition coefficient (Wildman–Crippen LogP) is 3.28. The van der Waals surface area contributed by atoms with Gasteiger partial charge in [0.25, 0.3) is 0 Å². The van der Waals surface area contributed by atoms with Crippen LogP contribution in [-0.2, 0) is 0 Å². The molecule has 1 saturated carbocycles. The van der Waals surface area contributed by atoms with Crippen LogP contribution in [0.5, 0.6) is 0 Å². The number of aryl methyl sites for hydroxylation is 3. The maximum absolute atomic E-state index is 12.5. The minimum atomic E-state index is 0.277. The average molecular weight is 245 g/mol. The van der Waals surface area contributed by atoms with Crippen LogP contribution >= 0.6 is 0 Å². The van der Waals surface area contributed by atoms with E-state index in [4.69, 9.17) is 0 Å². The molecule has 0 heterocycles. The molecule has 98 valence electrons. The van der Waals surface area contributed by atoms with Crippen molar-refractivity contribution in [1.82, 2.24) is 4.90 Å². The van der Waals surface area contributed by atoms with Gasteiger partial charge in [-0.2, -0.15) is 0 Å². The van der Waals surface area contributed by atoms with E-state index in [1.165, 1.54) is 18.4 Å². The molecule has 0 spiro atoms. The molecule has 2 heteroatoms. The Kier molecular flexibility index (Phi) is 3.86. The van der Waals surface area contributed by atoms with E-state index in [-0.39, 0.29) is 5.78 Å². The van der Waals surface area contributed by atoms with E-state index in [0.29, 0.717) is 12.6 Å². The molecule has 18 heavy (non-hydrogen) atoms. The van der Waals surface area contributed by atoms with Crippen LogP contribution in [0.1, 0.15) is 46.8 Å². The first-order valence-electron chi connectivity index (χ1n) is 6.88. The second-order valence-corrected chi connectivity index (χ2v) is 5.49. The van der Waals surface area contributed by atoms with E-state index < -0.39 is 0 Å². The van der Waals surface area contributed by atoms with E-state index in [0.717, 1.165) is 23.2 Å². The lowest BCUT2D eigenvalue weighted by Crippen LogP contribution is -2.32. The molecule has 0 N–H and O–H groups in total. The van der Waals surface area contributed by atoms with Crippen molar-refractivity contribution >= 4 is 5.78 Å². The molecule has 0 atom stereocenters. The van der Waals surface area contributed by atoms with Gasteiger partial charge in [-0.25, -0.2) is 0 Å². The van der Waals surface area contributed by atoms with Gasteiger partial charge in [0.1, 0.15) is 0 Å². The maximum Gasteiger partial charge on any atom is 0.177 e. The minimum absolute atomic E-state index is 0.277. The Hall–Kier alpha value is -1.15. The monoisotopic (exact) mass is 245 g/mol. The first kappa shape index (κ1) is 13.3. The fourth-order valence-electron chi connectivity index (χ4n) is 2.82. The van der Waals surface area contributed by atoms with E-state index in [2.05, 4.69) is 30.9 Å². The molecule has 1 aromatic carbocycles. The molecule has 1 fully saturated rings. The van der Waals surface area contributed by atoms with Crippen LogP contribution in [0.4, 0.5) is 0 Å². The number of ketones is 1. The summed E-state index contributed by atoms with van der Waals surface area (Å²) < 4.78 is 0. The van der Waals surface area contributed by atoms with Gasteiger partial charge < -0.3 is 0 Å². The van der Waals surface area contributed by atoms with E-state index in [9.17, 15) is 4.79 Å². The van der Waals surface area contributed by atoms with Crippen molar-refractivity contribution in [3.8, 4) is 0 Å². The lowest BCUT2D eigenvalue weighted by Gasteiger charge is -2.20. The third-order valence-corrected chi connectivity index (χ3v) is 3.77. The summed E-state index contributed by atoms with van der Waals surface area (Å²) in [5.41, 5.74) is 4.39. The van der Waals surface area contributed by atoms with Crippen LogP contribution in [0.2, 0.25) is 0 Å². The summed E-state index contributed by atoms with van der Waals surface area (Å²) in [7, 11) is 0. The van der Waals surface area contributed by atoms with Crippen LogP contribution in [-0.4, -0.2) is 29.8 Å². The Balaban J connectivity index is 2.17. The summed E-state index contributed by atoms with van der Waals surface area (Å²) in [6.45, 7) is 9.85. The van der Waals surface area contributed by atoms with Crippen molar-refractivity contribution in [2.24, 2.45) is 0 Å². The highest BCUT2D eigenvalue weighted by molar-refractivity contribution is 6.00. The molecule has 0 aliphatic heterocycles. The summed E-state index contributed by atoms with van der Waals surface area (Å²) in [6.07, 6.45) is 2.51. The summed E-state index contributed by atoms with van der Waals surface area (Å²) in [6, 6.07) is 4.87. The molecule has 1 aliphatic rings. The summed E-state index contributed by atoms with van der Waals surface area (Å²) in [5.74, 6) is 0.277. The molecule has 2 rings (SSSR count). The molecular formula is C16H23NO. The molecule has 0 saturated heterocycles. The van der Waals surface area contributed by atoms with Gasteiger partial charge in [-0.1, -0.05) is 24.6 Å². The van der Waals surface area contributed by atoms with Crippen molar-refractivity contribution in [1.29, 1.82) is 0 Å². The highest BCUT2D eigenvalue weighted by atomic mass is 16.1. The van der Waals surface area contributed by atoms with Gasteiger partial charge in [-0.05, 0) is 51.3 Å². The van der Waals surface area contributed by atoms with Crippen LogP contribution < -0.4 is 0 Å². The fourth-order valence-corrected chi connectivity index (χ4v) is 2.82. The summed E-state index contributed by atoms with van der Waals surface area (Å²) in [5, 5.41) is 0. The zero-order valence-corrected chi connectivity index (χ0v) is 11.9. The molecule has 0 amide bonds. The van der Waals surface area contributed by atoms with Crippen molar-refractivity contribution in [2.45, 2.75) is 46.6 Å². The van der Waals surface area contributed by atoms with Crippen LogP contribution in [0.15, 0.2) is 12.1 Å². The van der Waals surface area contributed by atoms with Crippen LogP contribution in [0.25, 0.3) is 0 Å². The molecule has 0 bridgehead atoms. The van der Waals surface area contributed by atoms with E-state index in [1.54, 1.807) is 0 Å². The normalized spacial score (nSPS) is 15.2. The number of hydrogen-bond donors (Lipinski definition) is 0. The standard InChI is InChI=1S/C16H23NO/c1-5-17(14-6-7-14)10-15(18)16-12(3)8-11(2)9-13(16)4/h8-9,14H,5-7,10H2,1-4H3. The second-order valence-electron chi connectivity index (χ2n) is 5.49. The van der Waals surface area contributed by atoms with Gasteiger partial charge >= 0.3 is 0 Å². The third kappa shape index (κ3) is 2.81. The number of benzene rings is 1. The summed E-state index contributed by atoms with van der Waals surface area (Å²) in [4.78, 5) is 14.8. The Labute approximate surface area is 110 Å². The smallest absolute Gasteiger partial charge is 0.177 e. The van der Waals surface area contributed by atoms with Gasteiger partial charge in [-0.3, -0.25) is 9.69 Å². The number of rotatable bonds is 5. The SMILES string of the molecule is CCN(CC(=O)c1c(C)cc(C)cc1C)C1CC1. The topological polar surface area (TPSA) is 20.3 Å². The largest absolute Gasteiger partial charge is 0.293 e. The van der Waals surface area contributed by atoms with E-state index in [1.807, 2.05) is 13.8 Å². The summed E-state index contributed by atoms with van der Waals surface area (Å²) >= 11 is 0. The molecule has 1 aromatic rings. The minimum Gasteiger partial charge on any atom is -0.293 e. The molecule has 0 unspecified atom stereocenters. The molecular weight excluding hydrogens is 222 g/mol. The quantitative estimate of drug-likeness (QED) is 0.742. The Morgan fingerprint density at radius 2 is 1.78 bits per heavy atom. The number of carbonyl (C=O) groups is 1. The lowest BCUT2D eigenvalue weighted by atomic mass is 9.96. The predicted molar refractivity (Wildman–Crippen MR) is 75.3 cm³/mol. The molecule has 0 radical (unpaired) electrons. The number of likely N-dealkylation sites (N-methyl/N-ethyl adjacent to an activating group) is 1. The number of carbonyl (C=O) groups excluding carboxylic acids is 1. The van der Waals surface area contributed by atoms with Crippen molar-refractivity contribution in [3.63, 3.8) is 0 Å². The maximum atomic E-state index is 12.5. The van der Waals surface area contributed by atoms with Gasteiger partial charge in [0.2, 0.25) is 0 Å².